The standard InChI is InChI=1S/C23H33N3O/c1-17(2)21-24-12-15-26(21)16-18-10-13-25(14-11-18)22(27)19-6-8-20(9-7-19)23(3,4)5/h6-9,12,15,17-18H,10-11,13-14,16H2,1-5H3. The molecule has 146 valence electrons. The second-order valence-corrected chi connectivity index (χ2v) is 9.16. The zero-order chi connectivity index (χ0) is 19.6. The van der Waals surface area contributed by atoms with Crippen LogP contribution in [0.1, 0.15) is 75.1 Å². The van der Waals surface area contributed by atoms with Crippen molar-refractivity contribution in [2.24, 2.45) is 5.92 Å². The number of aromatic nitrogens is 2. The van der Waals surface area contributed by atoms with Gasteiger partial charge in [0.15, 0.2) is 0 Å². The average Bonchev–Trinajstić information content (AvgIpc) is 3.09. The minimum atomic E-state index is 0.113. The molecule has 1 fully saturated rings. The van der Waals surface area contributed by atoms with Crippen LogP contribution in [0.2, 0.25) is 0 Å². The van der Waals surface area contributed by atoms with E-state index >= 15 is 0 Å². The summed E-state index contributed by atoms with van der Waals surface area (Å²) in [4.78, 5) is 19.3. The lowest BCUT2D eigenvalue weighted by atomic mass is 9.86. The number of hydrogen-bond donors (Lipinski definition) is 0. The number of imidazole rings is 1. The third-order valence-electron chi connectivity index (χ3n) is 5.62. The Labute approximate surface area is 163 Å². The Morgan fingerprint density at radius 2 is 1.78 bits per heavy atom. The van der Waals surface area contributed by atoms with Crippen LogP contribution in [0.3, 0.4) is 0 Å². The summed E-state index contributed by atoms with van der Waals surface area (Å²) in [6, 6.07) is 8.14. The first-order valence-corrected chi connectivity index (χ1v) is 10.2. The molecule has 0 bridgehead atoms. The molecule has 2 heterocycles. The lowest BCUT2D eigenvalue weighted by molar-refractivity contribution is 0.0682. The van der Waals surface area contributed by atoms with Crippen molar-refractivity contribution in [2.75, 3.05) is 13.1 Å². The van der Waals surface area contributed by atoms with Gasteiger partial charge in [0.25, 0.3) is 5.91 Å². The molecule has 1 aromatic heterocycles. The molecule has 1 aliphatic rings. The van der Waals surface area contributed by atoms with E-state index in [0.717, 1.165) is 43.9 Å². The second-order valence-electron chi connectivity index (χ2n) is 9.16. The number of carbonyl (C=O) groups excluding carboxylic acids is 1. The first-order valence-electron chi connectivity index (χ1n) is 10.2. The maximum absolute atomic E-state index is 12.8. The molecular formula is C23H33N3O. The number of nitrogens with zero attached hydrogens (tertiary/aromatic N) is 3. The van der Waals surface area contributed by atoms with E-state index in [9.17, 15) is 4.79 Å². The van der Waals surface area contributed by atoms with Crippen LogP contribution in [0.25, 0.3) is 0 Å². The first kappa shape index (κ1) is 19.7. The van der Waals surface area contributed by atoms with E-state index in [-0.39, 0.29) is 11.3 Å². The summed E-state index contributed by atoms with van der Waals surface area (Å²) in [6.45, 7) is 13.6. The van der Waals surface area contributed by atoms with Gasteiger partial charge in [-0.1, -0.05) is 46.8 Å². The molecule has 0 radical (unpaired) electrons. The molecule has 0 saturated carbocycles. The summed E-state index contributed by atoms with van der Waals surface area (Å²) < 4.78 is 2.29. The Balaban J connectivity index is 1.57. The smallest absolute Gasteiger partial charge is 0.253 e. The van der Waals surface area contributed by atoms with E-state index in [1.54, 1.807) is 0 Å². The van der Waals surface area contributed by atoms with Gasteiger partial charge in [0.2, 0.25) is 0 Å². The summed E-state index contributed by atoms with van der Waals surface area (Å²) in [7, 11) is 0. The largest absolute Gasteiger partial charge is 0.339 e. The Kier molecular flexibility index (Phi) is 5.73. The molecule has 1 amide bonds. The lowest BCUT2D eigenvalue weighted by Crippen LogP contribution is -2.39. The summed E-state index contributed by atoms with van der Waals surface area (Å²) in [6.07, 6.45) is 6.10. The van der Waals surface area contributed by atoms with Crippen LogP contribution in [0, 0.1) is 5.92 Å². The average molecular weight is 368 g/mol. The summed E-state index contributed by atoms with van der Waals surface area (Å²) in [5.74, 6) is 2.38. The molecule has 4 heteroatoms. The van der Waals surface area contributed by atoms with Crippen molar-refractivity contribution in [1.29, 1.82) is 0 Å². The Hall–Kier alpha value is -2.10. The van der Waals surface area contributed by atoms with Crippen molar-refractivity contribution in [3.63, 3.8) is 0 Å². The first-order chi connectivity index (χ1) is 12.8. The monoisotopic (exact) mass is 367 g/mol. The van der Waals surface area contributed by atoms with Gasteiger partial charge in [-0.25, -0.2) is 4.98 Å². The number of hydrogen-bond acceptors (Lipinski definition) is 2. The van der Waals surface area contributed by atoms with Crippen molar-refractivity contribution in [1.82, 2.24) is 14.5 Å². The highest BCUT2D eigenvalue weighted by molar-refractivity contribution is 5.94. The van der Waals surface area contributed by atoms with Gasteiger partial charge >= 0.3 is 0 Å². The third kappa shape index (κ3) is 4.60. The van der Waals surface area contributed by atoms with Crippen LogP contribution in [0.4, 0.5) is 0 Å². The van der Waals surface area contributed by atoms with Crippen LogP contribution in [0.15, 0.2) is 36.7 Å². The molecule has 0 N–H and O–H groups in total. The maximum Gasteiger partial charge on any atom is 0.253 e. The minimum Gasteiger partial charge on any atom is -0.339 e. The molecular weight excluding hydrogens is 334 g/mol. The number of benzene rings is 1. The molecule has 0 atom stereocenters. The molecule has 1 aliphatic heterocycles. The molecule has 0 unspecified atom stereocenters. The summed E-state index contributed by atoms with van der Waals surface area (Å²) >= 11 is 0. The van der Waals surface area contributed by atoms with E-state index < -0.39 is 0 Å². The predicted molar refractivity (Wildman–Crippen MR) is 110 cm³/mol. The van der Waals surface area contributed by atoms with Gasteiger partial charge in [0.05, 0.1) is 0 Å². The van der Waals surface area contributed by atoms with E-state index in [0.29, 0.717) is 11.8 Å². The van der Waals surface area contributed by atoms with Crippen LogP contribution in [-0.2, 0) is 12.0 Å². The zero-order valence-electron chi connectivity index (χ0n) is 17.4. The zero-order valence-corrected chi connectivity index (χ0v) is 17.4. The van der Waals surface area contributed by atoms with Gasteiger partial charge in [0.1, 0.15) is 5.82 Å². The van der Waals surface area contributed by atoms with Gasteiger partial charge in [-0.15, -0.1) is 0 Å². The van der Waals surface area contributed by atoms with Gasteiger partial charge in [0, 0.05) is 43.5 Å². The number of likely N-dealkylation sites (tertiary alicyclic amines) is 1. The van der Waals surface area contributed by atoms with Crippen molar-refractivity contribution < 1.29 is 4.79 Å². The van der Waals surface area contributed by atoms with Crippen LogP contribution in [-0.4, -0.2) is 33.4 Å². The molecule has 0 aliphatic carbocycles. The molecule has 0 spiro atoms. The number of rotatable bonds is 4. The molecule has 1 saturated heterocycles. The van der Waals surface area contributed by atoms with Crippen LogP contribution < -0.4 is 0 Å². The van der Waals surface area contributed by atoms with Crippen LogP contribution in [0.5, 0.6) is 0 Å². The van der Waals surface area contributed by atoms with Crippen LogP contribution >= 0.6 is 0 Å². The maximum atomic E-state index is 12.8. The highest BCUT2D eigenvalue weighted by Crippen LogP contribution is 2.25. The molecule has 2 aromatic rings. The minimum absolute atomic E-state index is 0.113. The highest BCUT2D eigenvalue weighted by atomic mass is 16.2. The third-order valence-corrected chi connectivity index (χ3v) is 5.62. The van der Waals surface area contributed by atoms with E-state index in [4.69, 9.17) is 0 Å². The van der Waals surface area contributed by atoms with E-state index in [1.807, 2.05) is 23.2 Å². The fourth-order valence-corrected chi connectivity index (χ4v) is 3.87. The second kappa shape index (κ2) is 7.87. The molecule has 1 aromatic carbocycles. The van der Waals surface area contributed by atoms with Gasteiger partial charge in [-0.3, -0.25) is 4.79 Å². The Morgan fingerprint density at radius 1 is 1.15 bits per heavy atom. The van der Waals surface area contributed by atoms with Gasteiger partial charge in [-0.05, 0) is 41.9 Å². The van der Waals surface area contributed by atoms with Gasteiger partial charge < -0.3 is 9.47 Å². The molecule has 27 heavy (non-hydrogen) atoms. The van der Waals surface area contributed by atoms with Crippen molar-refractivity contribution in [2.45, 2.75) is 65.3 Å². The van der Waals surface area contributed by atoms with E-state index in [2.05, 4.69) is 62.5 Å². The lowest BCUT2D eigenvalue weighted by Gasteiger charge is -2.32. The summed E-state index contributed by atoms with van der Waals surface area (Å²) in [5, 5.41) is 0. The van der Waals surface area contributed by atoms with Crippen molar-refractivity contribution in [3.8, 4) is 0 Å². The van der Waals surface area contributed by atoms with Crippen molar-refractivity contribution in [3.05, 3.63) is 53.6 Å². The predicted octanol–water partition coefficient (Wildman–Crippen LogP) is 4.86. The Morgan fingerprint density at radius 3 is 2.33 bits per heavy atom. The number of carbonyl (C=O) groups is 1. The van der Waals surface area contributed by atoms with Gasteiger partial charge in [-0.2, -0.15) is 0 Å². The topological polar surface area (TPSA) is 38.1 Å². The molecule has 4 nitrogen and oxygen atoms in total. The normalized spacial score (nSPS) is 16.1. The fourth-order valence-electron chi connectivity index (χ4n) is 3.87. The summed E-state index contributed by atoms with van der Waals surface area (Å²) in [5.41, 5.74) is 2.18. The highest BCUT2D eigenvalue weighted by Gasteiger charge is 2.25. The SMILES string of the molecule is CC(C)c1nccn1CC1CCN(C(=O)c2ccc(C(C)(C)C)cc2)CC1. The van der Waals surface area contributed by atoms with Crippen molar-refractivity contribution >= 4 is 5.91 Å². The fraction of sp³-hybridized carbons (Fsp3) is 0.565. The van der Waals surface area contributed by atoms with E-state index in [1.165, 1.54) is 5.56 Å². The Bertz CT molecular complexity index is 760. The quantitative estimate of drug-likeness (QED) is 0.774. The number of amides is 1. The number of piperidine rings is 1. The molecule has 3 rings (SSSR count).